The van der Waals surface area contributed by atoms with Crippen LogP contribution in [-0.2, 0) is 0 Å². The molecular weight excluding hydrogens is 232 g/mol. The molecule has 0 amide bonds. The van der Waals surface area contributed by atoms with Gasteiger partial charge in [-0.05, 0) is 34.9 Å². The molecule has 0 saturated heterocycles. The summed E-state index contributed by atoms with van der Waals surface area (Å²) in [6, 6.07) is 6.49. The fourth-order valence-electron chi connectivity index (χ4n) is 2.01. The molecule has 19 heavy (non-hydrogen) atoms. The highest BCUT2D eigenvalue weighted by molar-refractivity contribution is 5.40. The Morgan fingerprint density at radius 3 is 2.37 bits per heavy atom. The molecule has 0 radical (unpaired) electrons. The highest BCUT2D eigenvalue weighted by Crippen LogP contribution is 2.31. The number of ether oxygens (including phenoxy) is 1. The number of rotatable bonds is 6. The topological polar surface area (TPSA) is 9.23 Å². The summed E-state index contributed by atoms with van der Waals surface area (Å²) in [6.07, 6.45) is 6.18. The van der Waals surface area contributed by atoms with Crippen LogP contribution in [0.15, 0.2) is 18.2 Å². The van der Waals surface area contributed by atoms with Gasteiger partial charge in [0.15, 0.2) is 0 Å². The Hall–Kier alpha value is -1.42. The van der Waals surface area contributed by atoms with Gasteiger partial charge in [-0.15, -0.1) is 12.3 Å². The Morgan fingerprint density at radius 1 is 1.16 bits per heavy atom. The summed E-state index contributed by atoms with van der Waals surface area (Å²) >= 11 is 0. The lowest BCUT2D eigenvalue weighted by Crippen LogP contribution is -2.07. The molecule has 0 aliphatic heterocycles. The van der Waals surface area contributed by atoms with Gasteiger partial charge in [0, 0.05) is 6.42 Å². The first-order valence-electron chi connectivity index (χ1n) is 7.15. The van der Waals surface area contributed by atoms with Crippen LogP contribution < -0.4 is 4.74 Å². The zero-order chi connectivity index (χ0) is 14.4. The van der Waals surface area contributed by atoms with E-state index < -0.39 is 0 Å². The molecule has 0 aliphatic carbocycles. The van der Waals surface area contributed by atoms with E-state index in [1.165, 1.54) is 11.1 Å². The maximum atomic E-state index is 5.91. The third-order valence-electron chi connectivity index (χ3n) is 3.22. The molecule has 0 bridgehead atoms. The second-order valence-electron chi connectivity index (χ2n) is 5.97. The average Bonchev–Trinajstić information content (AvgIpc) is 2.36. The van der Waals surface area contributed by atoms with Crippen molar-refractivity contribution in [1.29, 1.82) is 0 Å². The van der Waals surface area contributed by atoms with Crippen LogP contribution in [0.4, 0.5) is 0 Å². The molecule has 0 aromatic heterocycles. The van der Waals surface area contributed by atoms with Gasteiger partial charge in [-0.2, -0.15) is 0 Å². The fraction of sp³-hybridized carbons (Fsp3) is 0.556. The van der Waals surface area contributed by atoms with Crippen LogP contribution in [0.1, 0.15) is 64.0 Å². The summed E-state index contributed by atoms with van der Waals surface area (Å²) < 4.78 is 5.91. The molecule has 1 aromatic carbocycles. The molecule has 0 spiro atoms. The summed E-state index contributed by atoms with van der Waals surface area (Å²) in [5.74, 6) is 5.16. The summed E-state index contributed by atoms with van der Waals surface area (Å²) in [6.45, 7) is 11.7. The van der Waals surface area contributed by atoms with E-state index in [1.807, 2.05) is 0 Å². The number of hydrogen-bond acceptors (Lipinski definition) is 1. The van der Waals surface area contributed by atoms with Gasteiger partial charge in [0.25, 0.3) is 0 Å². The van der Waals surface area contributed by atoms with Crippen molar-refractivity contribution in [2.75, 3.05) is 6.61 Å². The average molecular weight is 258 g/mol. The van der Waals surface area contributed by atoms with E-state index in [2.05, 4.69) is 58.7 Å². The maximum absolute atomic E-state index is 5.91. The standard InChI is InChI=1S/C18H26O/c1-7-8-15(6)16-9-10-18(19-12-13(2)3)17(11-16)14(4)5/h1,9-11,13-15H,8,12H2,2-6H3. The van der Waals surface area contributed by atoms with Crippen molar-refractivity contribution in [2.45, 2.75) is 52.9 Å². The number of terminal acetylenes is 1. The summed E-state index contributed by atoms with van der Waals surface area (Å²) in [4.78, 5) is 0. The highest BCUT2D eigenvalue weighted by atomic mass is 16.5. The number of benzene rings is 1. The van der Waals surface area contributed by atoms with Gasteiger partial charge in [-0.1, -0.05) is 46.8 Å². The summed E-state index contributed by atoms with van der Waals surface area (Å²) in [5, 5.41) is 0. The molecule has 1 heteroatoms. The normalized spacial score (nSPS) is 12.5. The van der Waals surface area contributed by atoms with Crippen LogP contribution in [-0.4, -0.2) is 6.61 Å². The largest absolute Gasteiger partial charge is 0.493 e. The van der Waals surface area contributed by atoms with E-state index in [-0.39, 0.29) is 0 Å². The zero-order valence-electron chi connectivity index (χ0n) is 12.9. The third-order valence-corrected chi connectivity index (χ3v) is 3.22. The van der Waals surface area contributed by atoms with Gasteiger partial charge in [0.05, 0.1) is 6.61 Å². The molecule has 104 valence electrons. The molecule has 1 atom stereocenters. The lowest BCUT2D eigenvalue weighted by Gasteiger charge is -2.18. The first-order valence-corrected chi connectivity index (χ1v) is 7.15. The molecule has 0 N–H and O–H groups in total. The van der Waals surface area contributed by atoms with E-state index in [0.717, 1.165) is 18.8 Å². The van der Waals surface area contributed by atoms with Gasteiger partial charge in [-0.25, -0.2) is 0 Å². The highest BCUT2D eigenvalue weighted by Gasteiger charge is 2.12. The summed E-state index contributed by atoms with van der Waals surface area (Å²) in [7, 11) is 0. The fourth-order valence-corrected chi connectivity index (χ4v) is 2.01. The predicted molar refractivity (Wildman–Crippen MR) is 82.7 cm³/mol. The minimum atomic E-state index is 0.404. The minimum Gasteiger partial charge on any atom is -0.493 e. The SMILES string of the molecule is C#CCC(C)c1ccc(OCC(C)C)c(C(C)C)c1. The second kappa shape index (κ2) is 7.24. The molecule has 0 heterocycles. The Bertz CT molecular complexity index is 437. The molecule has 1 unspecified atom stereocenters. The Labute approximate surface area is 118 Å². The van der Waals surface area contributed by atoms with Crippen molar-refractivity contribution in [3.8, 4) is 18.1 Å². The van der Waals surface area contributed by atoms with Crippen LogP contribution in [0.5, 0.6) is 5.75 Å². The lowest BCUT2D eigenvalue weighted by atomic mass is 9.92. The van der Waals surface area contributed by atoms with Crippen LogP contribution in [0.3, 0.4) is 0 Å². The van der Waals surface area contributed by atoms with E-state index in [4.69, 9.17) is 11.2 Å². The van der Waals surface area contributed by atoms with Crippen LogP contribution in [0, 0.1) is 18.3 Å². The second-order valence-corrected chi connectivity index (χ2v) is 5.97. The molecule has 1 rings (SSSR count). The zero-order valence-corrected chi connectivity index (χ0v) is 12.9. The molecule has 0 fully saturated rings. The van der Waals surface area contributed by atoms with E-state index in [1.54, 1.807) is 0 Å². The first kappa shape index (κ1) is 15.6. The van der Waals surface area contributed by atoms with Crippen molar-refractivity contribution in [2.24, 2.45) is 5.92 Å². The van der Waals surface area contributed by atoms with Gasteiger partial charge in [0.2, 0.25) is 0 Å². The van der Waals surface area contributed by atoms with Gasteiger partial charge in [-0.3, -0.25) is 0 Å². The molecule has 1 nitrogen and oxygen atoms in total. The third kappa shape index (κ3) is 4.63. The number of hydrogen-bond donors (Lipinski definition) is 0. The summed E-state index contributed by atoms with van der Waals surface area (Å²) in [5.41, 5.74) is 2.58. The van der Waals surface area contributed by atoms with Crippen molar-refractivity contribution < 1.29 is 4.74 Å². The van der Waals surface area contributed by atoms with E-state index in [0.29, 0.717) is 17.8 Å². The smallest absolute Gasteiger partial charge is 0.122 e. The maximum Gasteiger partial charge on any atom is 0.122 e. The van der Waals surface area contributed by atoms with Crippen molar-refractivity contribution in [3.63, 3.8) is 0 Å². The van der Waals surface area contributed by atoms with Gasteiger partial charge >= 0.3 is 0 Å². The van der Waals surface area contributed by atoms with Gasteiger partial charge in [0.1, 0.15) is 5.75 Å². The van der Waals surface area contributed by atoms with E-state index in [9.17, 15) is 0 Å². The minimum absolute atomic E-state index is 0.404. The quantitative estimate of drug-likeness (QED) is 0.654. The molecule has 1 aromatic rings. The van der Waals surface area contributed by atoms with Crippen molar-refractivity contribution >= 4 is 0 Å². The van der Waals surface area contributed by atoms with Crippen molar-refractivity contribution in [1.82, 2.24) is 0 Å². The van der Waals surface area contributed by atoms with E-state index >= 15 is 0 Å². The molecule has 0 saturated carbocycles. The predicted octanol–water partition coefficient (Wildman–Crippen LogP) is 4.97. The Balaban J connectivity index is 2.98. The lowest BCUT2D eigenvalue weighted by molar-refractivity contribution is 0.267. The monoisotopic (exact) mass is 258 g/mol. The van der Waals surface area contributed by atoms with Crippen LogP contribution in [0.25, 0.3) is 0 Å². The Kier molecular flexibility index (Phi) is 5.96. The van der Waals surface area contributed by atoms with Crippen molar-refractivity contribution in [3.05, 3.63) is 29.3 Å². The Morgan fingerprint density at radius 2 is 1.84 bits per heavy atom. The van der Waals surface area contributed by atoms with Crippen LogP contribution in [0.2, 0.25) is 0 Å². The van der Waals surface area contributed by atoms with Crippen LogP contribution >= 0.6 is 0 Å². The molecular formula is C18H26O. The first-order chi connectivity index (χ1) is 8.95. The van der Waals surface area contributed by atoms with Gasteiger partial charge < -0.3 is 4.74 Å². The molecule has 0 aliphatic rings.